The van der Waals surface area contributed by atoms with Gasteiger partial charge in [-0.05, 0) is 40.5 Å². The van der Waals surface area contributed by atoms with Crippen LogP contribution >= 0.6 is 15.9 Å². The fourth-order valence-corrected chi connectivity index (χ4v) is 1.47. The molecule has 1 aromatic carbocycles. The van der Waals surface area contributed by atoms with E-state index in [2.05, 4.69) is 15.9 Å². The fraction of sp³-hybridized carbons (Fsp3) is 0.333. The number of methoxy groups -OCH3 is 1. The van der Waals surface area contributed by atoms with E-state index in [1.807, 2.05) is 6.92 Å². The molecule has 1 atom stereocenters. The van der Waals surface area contributed by atoms with Crippen molar-refractivity contribution in [1.82, 2.24) is 0 Å². The minimum atomic E-state index is -0.0780. The van der Waals surface area contributed by atoms with E-state index in [4.69, 9.17) is 10.5 Å². The minimum Gasteiger partial charge on any atom is -0.503 e. The van der Waals surface area contributed by atoms with E-state index in [1.165, 1.54) is 7.11 Å². The number of hydrogen-bond donors (Lipinski definition) is 2. The molecule has 0 aliphatic carbocycles. The third kappa shape index (κ3) is 2.14. The highest BCUT2D eigenvalue weighted by Crippen LogP contribution is 2.36. The Morgan fingerprint density at radius 3 is 2.62 bits per heavy atom. The molecule has 0 heterocycles. The maximum atomic E-state index is 9.49. The number of aromatic hydroxyl groups is 1. The molecule has 0 saturated heterocycles. The molecule has 0 bridgehead atoms. The predicted molar refractivity (Wildman–Crippen MR) is 55.0 cm³/mol. The molecular formula is C9H12BrNO2. The number of ether oxygens (including phenoxy) is 1. The maximum absolute atomic E-state index is 9.49. The van der Waals surface area contributed by atoms with E-state index in [9.17, 15) is 5.11 Å². The molecule has 0 spiro atoms. The molecular weight excluding hydrogens is 234 g/mol. The zero-order valence-corrected chi connectivity index (χ0v) is 9.13. The summed E-state index contributed by atoms with van der Waals surface area (Å²) < 4.78 is 5.58. The number of phenols is 1. The summed E-state index contributed by atoms with van der Waals surface area (Å²) >= 11 is 3.22. The Morgan fingerprint density at radius 1 is 1.54 bits per heavy atom. The Morgan fingerprint density at radius 2 is 2.15 bits per heavy atom. The molecule has 0 fully saturated rings. The molecule has 0 saturated carbocycles. The molecule has 72 valence electrons. The monoisotopic (exact) mass is 245 g/mol. The Bertz CT molecular complexity index is 313. The molecule has 0 amide bonds. The average Bonchev–Trinajstić information content (AvgIpc) is 2.09. The maximum Gasteiger partial charge on any atom is 0.172 e. The number of phenolic OH excluding ortho intramolecular Hbond substituents is 1. The molecule has 3 nitrogen and oxygen atoms in total. The van der Waals surface area contributed by atoms with Crippen LogP contribution in [0.3, 0.4) is 0 Å². The first-order chi connectivity index (χ1) is 6.06. The molecule has 1 rings (SSSR count). The van der Waals surface area contributed by atoms with Gasteiger partial charge in [0, 0.05) is 6.04 Å². The lowest BCUT2D eigenvalue weighted by molar-refractivity contribution is 0.371. The standard InChI is InChI=1S/C9H12BrNO2/c1-5(11)6-3-7(10)9(12)8(4-6)13-2/h3-5,12H,11H2,1-2H3/t5-/m1/s1. The SMILES string of the molecule is COc1cc([C@@H](C)N)cc(Br)c1O. The Labute approximate surface area is 85.6 Å². The van der Waals surface area contributed by atoms with Gasteiger partial charge in [-0.1, -0.05) is 0 Å². The van der Waals surface area contributed by atoms with Crippen LogP contribution in [0.4, 0.5) is 0 Å². The minimum absolute atomic E-state index is 0.0780. The van der Waals surface area contributed by atoms with Crippen LogP contribution in [-0.4, -0.2) is 12.2 Å². The van der Waals surface area contributed by atoms with Crippen molar-refractivity contribution in [3.8, 4) is 11.5 Å². The molecule has 13 heavy (non-hydrogen) atoms. The number of rotatable bonds is 2. The van der Waals surface area contributed by atoms with E-state index in [0.717, 1.165) is 5.56 Å². The van der Waals surface area contributed by atoms with Crippen molar-refractivity contribution in [2.45, 2.75) is 13.0 Å². The van der Waals surface area contributed by atoms with Crippen LogP contribution in [0, 0.1) is 0 Å². The van der Waals surface area contributed by atoms with Crippen LogP contribution in [0.5, 0.6) is 11.5 Å². The molecule has 0 radical (unpaired) electrons. The van der Waals surface area contributed by atoms with Crippen LogP contribution < -0.4 is 10.5 Å². The van der Waals surface area contributed by atoms with E-state index in [-0.39, 0.29) is 11.8 Å². The number of benzene rings is 1. The highest BCUT2D eigenvalue weighted by atomic mass is 79.9. The first-order valence-corrected chi connectivity index (χ1v) is 4.67. The van der Waals surface area contributed by atoms with Crippen LogP contribution in [-0.2, 0) is 0 Å². The number of hydrogen-bond acceptors (Lipinski definition) is 3. The molecule has 0 aromatic heterocycles. The fourth-order valence-electron chi connectivity index (χ4n) is 1.01. The summed E-state index contributed by atoms with van der Waals surface area (Å²) in [6.45, 7) is 1.87. The smallest absolute Gasteiger partial charge is 0.172 e. The van der Waals surface area contributed by atoms with Gasteiger partial charge in [-0.25, -0.2) is 0 Å². The van der Waals surface area contributed by atoms with Crippen molar-refractivity contribution < 1.29 is 9.84 Å². The lowest BCUT2D eigenvalue weighted by Gasteiger charge is -2.10. The Kier molecular flexibility index (Phi) is 3.17. The molecule has 0 unspecified atom stereocenters. The third-order valence-corrected chi connectivity index (χ3v) is 2.40. The van der Waals surface area contributed by atoms with E-state index in [1.54, 1.807) is 12.1 Å². The zero-order chi connectivity index (χ0) is 10.0. The Balaban J connectivity index is 3.22. The van der Waals surface area contributed by atoms with Crippen LogP contribution in [0.1, 0.15) is 18.5 Å². The summed E-state index contributed by atoms with van der Waals surface area (Å²) in [6.07, 6.45) is 0. The summed E-state index contributed by atoms with van der Waals surface area (Å²) in [6, 6.07) is 3.43. The van der Waals surface area contributed by atoms with Crippen molar-refractivity contribution in [3.05, 3.63) is 22.2 Å². The average molecular weight is 246 g/mol. The first kappa shape index (κ1) is 10.3. The van der Waals surface area contributed by atoms with E-state index >= 15 is 0 Å². The van der Waals surface area contributed by atoms with Crippen molar-refractivity contribution >= 4 is 15.9 Å². The summed E-state index contributed by atoms with van der Waals surface area (Å²) in [5.41, 5.74) is 6.62. The molecule has 0 aliphatic heterocycles. The second kappa shape index (κ2) is 3.98. The highest BCUT2D eigenvalue weighted by molar-refractivity contribution is 9.10. The van der Waals surface area contributed by atoms with Gasteiger partial charge in [0.1, 0.15) is 0 Å². The number of halogens is 1. The van der Waals surface area contributed by atoms with Gasteiger partial charge in [0.15, 0.2) is 11.5 Å². The van der Waals surface area contributed by atoms with E-state index < -0.39 is 0 Å². The summed E-state index contributed by atoms with van der Waals surface area (Å²) in [5.74, 6) is 0.536. The van der Waals surface area contributed by atoms with Crippen molar-refractivity contribution in [2.75, 3.05) is 7.11 Å². The normalized spacial score (nSPS) is 12.6. The second-order valence-corrected chi connectivity index (χ2v) is 3.70. The predicted octanol–water partition coefficient (Wildman–Crippen LogP) is 2.18. The highest BCUT2D eigenvalue weighted by Gasteiger charge is 2.10. The molecule has 4 heteroatoms. The van der Waals surface area contributed by atoms with Gasteiger partial charge in [-0.3, -0.25) is 0 Å². The quantitative estimate of drug-likeness (QED) is 0.840. The first-order valence-electron chi connectivity index (χ1n) is 3.88. The lowest BCUT2D eigenvalue weighted by Crippen LogP contribution is -2.05. The van der Waals surface area contributed by atoms with Gasteiger partial charge >= 0.3 is 0 Å². The van der Waals surface area contributed by atoms with Gasteiger partial charge in [0.05, 0.1) is 11.6 Å². The van der Waals surface area contributed by atoms with Crippen molar-refractivity contribution in [3.63, 3.8) is 0 Å². The summed E-state index contributed by atoms with van der Waals surface area (Å²) in [7, 11) is 1.51. The third-order valence-electron chi connectivity index (χ3n) is 1.80. The van der Waals surface area contributed by atoms with Crippen molar-refractivity contribution in [1.29, 1.82) is 0 Å². The largest absolute Gasteiger partial charge is 0.503 e. The lowest BCUT2D eigenvalue weighted by atomic mass is 10.1. The Hall–Kier alpha value is -0.740. The van der Waals surface area contributed by atoms with Crippen LogP contribution in [0.2, 0.25) is 0 Å². The van der Waals surface area contributed by atoms with Gasteiger partial charge in [-0.15, -0.1) is 0 Å². The van der Waals surface area contributed by atoms with Crippen LogP contribution in [0.25, 0.3) is 0 Å². The second-order valence-electron chi connectivity index (χ2n) is 2.84. The van der Waals surface area contributed by atoms with Crippen LogP contribution in [0.15, 0.2) is 16.6 Å². The van der Waals surface area contributed by atoms with Gasteiger partial charge in [0.25, 0.3) is 0 Å². The van der Waals surface area contributed by atoms with Gasteiger partial charge in [-0.2, -0.15) is 0 Å². The zero-order valence-electron chi connectivity index (χ0n) is 7.54. The molecule has 0 aliphatic rings. The summed E-state index contributed by atoms with van der Waals surface area (Å²) in [4.78, 5) is 0. The van der Waals surface area contributed by atoms with E-state index in [0.29, 0.717) is 10.2 Å². The number of nitrogens with two attached hydrogens (primary N) is 1. The van der Waals surface area contributed by atoms with Gasteiger partial charge < -0.3 is 15.6 Å². The van der Waals surface area contributed by atoms with Crippen molar-refractivity contribution in [2.24, 2.45) is 5.73 Å². The van der Waals surface area contributed by atoms with Gasteiger partial charge in [0.2, 0.25) is 0 Å². The topological polar surface area (TPSA) is 55.5 Å². The summed E-state index contributed by atoms with van der Waals surface area (Å²) in [5, 5.41) is 9.49. The molecule has 1 aromatic rings. The molecule has 3 N–H and O–H groups in total.